The van der Waals surface area contributed by atoms with Crippen LogP contribution in [0.15, 0.2) is 24.5 Å². The Bertz CT molecular complexity index is 874. The predicted molar refractivity (Wildman–Crippen MR) is 119 cm³/mol. The van der Waals surface area contributed by atoms with Crippen molar-refractivity contribution in [2.75, 3.05) is 7.11 Å². The molecule has 0 aliphatic rings. The van der Waals surface area contributed by atoms with Gasteiger partial charge in [-0.25, -0.2) is 14.8 Å². The van der Waals surface area contributed by atoms with E-state index in [0.717, 1.165) is 9.13 Å². The van der Waals surface area contributed by atoms with Crippen molar-refractivity contribution in [3.63, 3.8) is 0 Å². The largest absolute Gasteiger partial charge is 0.470 e. The van der Waals surface area contributed by atoms with Gasteiger partial charge in [0, 0.05) is 12.4 Å². The molecule has 0 radical (unpaired) electrons. The van der Waals surface area contributed by atoms with Gasteiger partial charge in [0.05, 0.1) is 10.7 Å². The lowest BCUT2D eigenvalue weighted by Gasteiger charge is -2.06. The van der Waals surface area contributed by atoms with Crippen LogP contribution in [0.25, 0.3) is 0 Å². The van der Waals surface area contributed by atoms with Crippen molar-refractivity contribution in [1.82, 2.24) is 9.97 Å². The minimum Gasteiger partial charge on any atom is -0.464 e. The molecule has 6 nitrogen and oxygen atoms in total. The van der Waals surface area contributed by atoms with Crippen LogP contribution in [0.2, 0.25) is 10.3 Å². The number of esters is 1. The van der Waals surface area contributed by atoms with E-state index in [9.17, 15) is 25.9 Å². The van der Waals surface area contributed by atoms with E-state index in [2.05, 4.69) is 37.3 Å². The Balaban J connectivity index is 0. The highest BCUT2D eigenvalue weighted by molar-refractivity contribution is 14.1. The molecule has 2 heterocycles. The van der Waals surface area contributed by atoms with Gasteiger partial charge in [0.2, 0.25) is 0 Å². The molecule has 0 spiro atoms. The van der Waals surface area contributed by atoms with E-state index >= 15 is 0 Å². The number of pyridine rings is 2. The maximum Gasteiger partial charge on any atom is 0.470 e. The smallest absolute Gasteiger partial charge is 0.464 e. The van der Waals surface area contributed by atoms with Gasteiger partial charge >= 0.3 is 21.4 Å². The van der Waals surface area contributed by atoms with Crippen LogP contribution >= 0.6 is 45.8 Å². The molecule has 0 N–H and O–H groups in total. The Morgan fingerprint density at radius 2 is 1.50 bits per heavy atom. The summed E-state index contributed by atoms with van der Waals surface area (Å²) >= 11 is 13.6. The van der Waals surface area contributed by atoms with E-state index in [-0.39, 0.29) is 7.43 Å². The van der Waals surface area contributed by atoms with Gasteiger partial charge in [-0.05, 0) is 72.2 Å². The number of halogens is 6. The standard InChI is InChI=1S/C7H8ClN.C6H5ClIN.C3H3F3O4S.CH4/c1-5-3-4-9-7(8)6(5)2;1-4-2-3-9-6(7)5(4)8;1-10-2(7)3(4,5)11(6,8)9;/h3-4H,1-2H3;2-3H,1H3;1H3;1H4. The number of rotatable bonds is 2. The van der Waals surface area contributed by atoms with Crippen molar-refractivity contribution in [2.24, 2.45) is 0 Å². The van der Waals surface area contributed by atoms with Crippen molar-refractivity contribution < 1.29 is 30.6 Å². The quantitative estimate of drug-likeness (QED) is 0.190. The van der Waals surface area contributed by atoms with Crippen LogP contribution in [-0.4, -0.2) is 36.7 Å². The predicted octanol–water partition coefficient (Wildman–Crippen LogP) is 5.69. The maximum absolute atomic E-state index is 11.9. The summed E-state index contributed by atoms with van der Waals surface area (Å²) < 4.78 is 58.7. The number of aryl methyl sites for hydroxylation is 2. The molecule has 170 valence electrons. The zero-order valence-electron chi connectivity index (χ0n) is 15.5. The number of alkyl halides is 2. The minimum atomic E-state index is -6.22. The molecule has 0 saturated heterocycles. The van der Waals surface area contributed by atoms with Gasteiger partial charge in [0.1, 0.15) is 10.3 Å². The molecule has 2 rings (SSSR count). The third-order valence-corrected chi connectivity index (χ3v) is 6.31. The molecule has 0 aliphatic heterocycles. The van der Waals surface area contributed by atoms with Crippen molar-refractivity contribution in [3.8, 4) is 0 Å². The number of carbonyl (C=O) groups is 1. The van der Waals surface area contributed by atoms with Crippen LogP contribution in [0.3, 0.4) is 0 Å². The maximum atomic E-state index is 11.9. The molecule has 2 aromatic heterocycles. The molecule has 2 aromatic rings. The highest BCUT2D eigenvalue weighted by Crippen LogP contribution is 2.24. The first-order chi connectivity index (χ1) is 13.2. The van der Waals surface area contributed by atoms with E-state index in [4.69, 9.17) is 23.2 Å². The van der Waals surface area contributed by atoms with Crippen LogP contribution in [-0.2, 0) is 19.8 Å². The Morgan fingerprint density at radius 1 is 1.07 bits per heavy atom. The number of hydrogen-bond acceptors (Lipinski definition) is 6. The van der Waals surface area contributed by atoms with Crippen LogP contribution in [0.4, 0.5) is 12.7 Å². The summed E-state index contributed by atoms with van der Waals surface area (Å²) in [5.41, 5.74) is 3.43. The van der Waals surface area contributed by atoms with Gasteiger partial charge in [0.25, 0.3) is 0 Å². The van der Waals surface area contributed by atoms with Crippen LogP contribution < -0.4 is 0 Å². The van der Waals surface area contributed by atoms with E-state index in [1.165, 1.54) is 11.1 Å². The molecule has 0 amide bonds. The van der Waals surface area contributed by atoms with Gasteiger partial charge in [0.15, 0.2) is 0 Å². The average molecular weight is 603 g/mol. The summed E-state index contributed by atoms with van der Waals surface area (Å²) in [6.07, 6.45) is 3.42. The molecule has 0 aromatic carbocycles. The average Bonchev–Trinajstić information content (AvgIpc) is 2.63. The first-order valence-corrected chi connectivity index (χ1v) is 10.6. The molecule has 13 heteroatoms. The number of hydrogen-bond donors (Lipinski definition) is 0. The molecular formula is C17H20Cl2F3IN2O4S. The lowest BCUT2D eigenvalue weighted by atomic mass is 10.2. The monoisotopic (exact) mass is 602 g/mol. The second-order valence-electron chi connectivity index (χ2n) is 5.22. The van der Waals surface area contributed by atoms with E-state index in [0.29, 0.717) is 17.4 Å². The topological polar surface area (TPSA) is 86.2 Å². The zero-order valence-corrected chi connectivity index (χ0v) is 20.0. The zero-order chi connectivity index (χ0) is 23.0. The first kappa shape index (κ1) is 31.0. The lowest BCUT2D eigenvalue weighted by molar-refractivity contribution is -0.157. The van der Waals surface area contributed by atoms with E-state index < -0.39 is 21.4 Å². The normalized spacial score (nSPS) is 10.5. The van der Waals surface area contributed by atoms with Crippen LogP contribution in [0, 0.1) is 24.3 Å². The highest BCUT2D eigenvalue weighted by atomic mass is 127. The molecular weight excluding hydrogens is 583 g/mol. The summed E-state index contributed by atoms with van der Waals surface area (Å²) in [6, 6.07) is 3.88. The van der Waals surface area contributed by atoms with E-state index in [1.807, 2.05) is 32.9 Å². The molecule has 0 atom stereocenters. The fraction of sp³-hybridized carbons (Fsp3) is 0.353. The molecule has 0 fully saturated rings. The second kappa shape index (κ2) is 13.3. The Morgan fingerprint density at radius 3 is 1.77 bits per heavy atom. The van der Waals surface area contributed by atoms with Crippen molar-refractivity contribution in [3.05, 3.63) is 55.1 Å². The molecule has 0 unspecified atom stereocenters. The first-order valence-electron chi connectivity index (χ1n) is 7.41. The van der Waals surface area contributed by atoms with Gasteiger partial charge in [-0.15, -0.1) is 0 Å². The SMILES string of the molecule is C.COC(=O)C(F)(F)S(=O)(=O)F.Cc1ccnc(Cl)c1C.Cc1ccnc(Cl)c1I. The third-order valence-electron chi connectivity index (χ3n) is 3.18. The number of carbonyl (C=O) groups excluding carboxylic acids is 1. The van der Waals surface area contributed by atoms with Crippen molar-refractivity contribution in [1.29, 1.82) is 0 Å². The lowest BCUT2D eigenvalue weighted by Crippen LogP contribution is -2.36. The number of methoxy groups -OCH3 is 1. The number of aromatic nitrogens is 2. The summed E-state index contributed by atoms with van der Waals surface area (Å²) in [4.78, 5) is 17.7. The summed E-state index contributed by atoms with van der Waals surface area (Å²) in [5, 5.41) is -3.91. The van der Waals surface area contributed by atoms with Crippen LogP contribution in [0.1, 0.15) is 24.1 Å². The van der Waals surface area contributed by atoms with Crippen LogP contribution in [0.5, 0.6) is 0 Å². The summed E-state index contributed by atoms with van der Waals surface area (Å²) in [7, 11) is -5.71. The van der Waals surface area contributed by atoms with E-state index in [1.54, 1.807) is 12.4 Å². The van der Waals surface area contributed by atoms with Crippen molar-refractivity contribution >= 4 is 62.0 Å². The fourth-order valence-corrected chi connectivity index (χ4v) is 2.34. The Labute approximate surface area is 197 Å². The Kier molecular flexibility index (Phi) is 13.7. The molecule has 0 saturated carbocycles. The third kappa shape index (κ3) is 9.31. The second-order valence-corrected chi connectivity index (χ2v) is 8.41. The van der Waals surface area contributed by atoms with Gasteiger partial charge < -0.3 is 4.74 Å². The molecule has 0 aliphatic carbocycles. The number of ether oxygens (including phenoxy) is 1. The van der Waals surface area contributed by atoms with Gasteiger partial charge in [-0.2, -0.15) is 17.2 Å². The Hall–Kier alpha value is -1.18. The minimum absolute atomic E-state index is 0. The summed E-state index contributed by atoms with van der Waals surface area (Å²) in [5.74, 6) is -2.44. The van der Waals surface area contributed by atoms with Gasteiger partial charge in [-0.3, -0.25) is 0 Å². The summed E-state index contributed by atoms with van der Waals surface area (Å²) in [6.45, 7) is 5.99. The van der Waals surface area contributed by atoms with Crippen molar-refractivity contribution in [2.45, 2.75) is 33.5 Å². The van der Waals surface area contributed by atoms with Gasteiger partial charge in [-0.1, -0.05) is 34.5 Å². The number of nitrogens with zero attached hydrogens (tertiary/aromatic N) is 2. The molecule has 30 heavy (non-hydrogen) atoms. The molecule has 0 bridgehead atoms. The fourth-order valence-electron chi connectivity index (χ4n) is 1.32. The highest BCUT2D eigenvalue weighted by Gasteiger charge is 2.55.